The predicted molar refractivity (Wildman–Crippen MR) is 81.4 cm³/mol. The molecule has 0 aliphatic heterocycles. The van der Waals surface area contributed by atoms with Gasteiger partial charge in [0.15, 0.2) is 5.82 Å². The second-order valence-corrected chi connectivity index (χ2v) is 5.09. The molecule has 0 bridgehead atoms. The van der Waals surface area contributed by atoms with Crippen molar-refractivity contribution >= 4 is 11.8 Å². The Hall–Kier alpha value is -2.38. The van der Waals surface area contributed by atoms with Crippen LogP contribution in [0.4, 0.5) is 10.6 Å². The highest BCUT2D eigenvalue weighted by Crippen LogP contribution is 2.17. The van der Waals surface area contributed by atoms with E-state index in [2.05, 4.69) is 34.4 Å². The Labute approximate surface area is 129 Å². The summed E-state index contributed by atoms with van der Waals surface area (Å²) in [6.07, 6.45) is 2.62. The minimum absolute atomic E-state index is 0.213. The van der Waals surface area contributed by atoms with E-state index in [1.807, 2.05) is 11.6 Å². The molecule has 22 heavy (non-hydrogen) atoms. The molecule has 2 aromatic heterocycles. The Morgan fingerprint density at radius 2 is 2.27 bits per heavy atom. The molecule has 0 fully saturated rings. The first-order valence-corrected chi connectivity index (χ1v) is 7.43. The maximum absolute atomic E-state index is 12.4. The predicted octanol–water partition coefficient (Wildman–Crippen LogP) is 2.60. The van der Waals surface area contributed by atoms with Crippen molar-refractivity contribution in [1.29, 1.82) is 0 Å². The summed E-state index contributed by atoms with van der Waals surface area (Å²) in [5, 5.41) is 11.0. The van der Waals surface area contributed by atoms with Gasteiger partial charge in [-0.2, -0.15) is 10.1 Å². The number of amides is 2. The van der Waals surface area contributed by atoms with E-state index in [1.54, 1.807) is 24.1 Å². The third kappa shape index (κ3) is 3.63. The lowest BCUT2D eigenvalue weighted by molar-refractivity contribution is 0.209. The van der Waals surface area contributed by atoms with Gasteiger partial charge in [0, 0.05) is 19.5 Å². The second kappa shape index (κ2) is 7.06. The number of anilines is 1. The lowest BCUT2D eigenvalue weighted by atomic mass is 10.3. The number of hydrogen-bond donors (Lipinski definition) is 1. The molecule has 1 atom stereocenters. The highest BCUT2D eigenvalue weighted by molar-refractivity contribution is 5.88. The molecule has 0 aliphatic carbocycles. The minimum atomic E-state index is -0.213. The SMILES string of the molecule is CC[C@H](C)n1nccc1NC(=O)N(CC)Cc1noc(C)n1. The molecule has 1 N–H and O–H groups in total. The normalized spacial score (nSPS) is 12.2. The van der Waals surface area contributed by atoms with Crippen LogP contribution in [-0.2, 0) is 6.54 Å². The van der Waals surface area contributed by atoms with Crippen LogP contribution in [0.3, 0.4) is 0 Å². The number of aryl methyl sites for hydroxylation is 1. The fourth-order valence-corrected chi connectivity index (χ4v) is 2.03. The van der Waals surface area contributed by atoms with E-state index in [1.165, 1.54) is 0 Å². The zero-order valence-corrected chi connectivity index (χ0v) is 13.4. The number of carbonyl (C=O) groups excluding carboxylic acids is 1. The second-order valence-electron chi connectivity index (χ2n) is 5.09. The van der Waals surface area contributed by atoms with Gasteiger partial charge in [0.1, 0.15) is 5.82 Å². The summed E-state index contributed by atoms with van der Waals surface area (Å²) in [5.41, 5.74) is 0. The molecule has 2 amide bonds. The molecular formula is C14H22N6O2. The number of rotatable bonds is 6. The van der Waals surface area contributed by atoms with Crippen molar-refractivity contribution in [3.63, 3.8) is 0 Å². The molecule has 8 heteroatoms. The molecular weight excluding hydrogens is 284 g/mol. The van der Waals surface area contributed by atoms with Gasteiger partial charge >= 0.3 is 6.03 Å². The average molecular weight is 306 g/mol. The molecule has 0 saturated carbocycles. The summed E-state index contributed by atoms with van der Waals surface area (Å²) < 4.78 is 6.74. The Morgan fingerprint density at radius 3 is 2.86 bits per heavy atom. The molecule has 2 aromatic rings. The first kappa shape index (κ1) is 16.0. The van der Waals surface area contributed by atoms with Gasteiger partial charge in [0.05, 0.1) is 18.8 Å². The Bertz CT molecular complexity index is 620. The highest BCUT2D eigenvalue weighted by Gasteiger charge is 2.17. The summed E-state index contributed by atoms with van der Waals surface area (Å²) in [6, 6.07) is 1.80. The van der Waals surface area contributed by atoms with Gasteiger partial charge in [-0.15, -0.1) is 0 Å². The summed E-state index contributed by atoms with van der Waals surface area (Å²) >= 11 is 0. The first-order valence-electron chi connectivity index (χ1n) is 7.43. The van der Waals surface area contributed by atoms with Crippen molar-refractivity contribution in [2.24, 2.45) is 0 Å². The fourth-order valence-electron chi connectivity index (χ4n) is 2.03. The molecule has 0 saturated heterocycles. The monoisotopic (exact) mass is 306 g/mol. The molecule has 0 aliphatic rings. The van der Waals surface area contributed by atoms with Crippen LogP contribution in [0.2, 0.25) is 0 Å². The zero-order chi connectivity index (χ0) is 16.1. The van der Waals surface area contributed by atoms with Gasteiger partial charge < -0.3 is 9.42 Å². The molecule has 2 heterocycles. The van der Waals surface area contributed by atoms with Crippen LogP contribution >= 0.6 is 0 Å². The van der Waals surface area contributed by atoms with Gasteiger partial charge in [-0.05, 0) is 20.3 Å². The Morgan fingerprint density at radius 1 is 1.50 bits per heavy atom. The van der Waals surface area contributed by atoms with Crippen molar-refractivity contribution in [3.8, 4) is 0 Å². The van der Waals surface area contributed by atoms with Crippen LogP contribution < -0.4 is 5.32 Å². The molecule has 0 unspecified atom stereocenters. The summed E-state index contributed by atoms with van der Waals surface area (Å²) in [5.74, 6) is 1.66. The van der Waals surface area contributed by atoms with Crippen LogP contribution in [0.15, 0.2) is 16.8 Å². The smallest absolute Gasteiger partial charge is 0.323 e. The quantitative estimate of drug-likeness (QED) is 0.886. The van der Waals surface area contributed by atoms with E-state index < -0.39 is 0 Å². The standard InChI is InChI=1S/C14H22N6O2/c1-5-10(3)20-13(7-8-15-20)17-14(21)19(6-2)9-12-16-11(4)22-18-12/h7-8,10H,5-6,9H2,1-4H3,(H,17,21)/t10-/m0/s1. The van der Waals surface area contributed by atoms with Gasteiger partial charge in [-0.25, -0.2) is 9.48 Å². The van der Waals surface area contributed by atoms with Crippen molar-refractivity contribution in [1.82, 2.24) is 24.8 Å². The average Bonchev–Trinajstić information content (AvgIpc) is 3.12. The number of carbonyl (C=O) groups is 1. The molecule has 0 spiro atoms. The van der Waals surface area contributed by atoms with Gasteiger partial charge in [0.2, 0.25) is 5.89 Å². The number of urea groups is 1. The first-order chi connectivity index (χ1) is 10.5. The fraction of sp³-hybridized carbons (Fsp3) is 0.571. The van der Waals surface area contributed by atoms with E-state index in [-0.39, 0.29) is 12.1 Å². The number of aromatic nitrogens is 4. The summed E-state index contributed by atoms with van der Waals surface area (Å²) in [6.45, 7) is 8.60. The van der Waals surface area contributed by atoms with Crippen molar-refractivity contribution in [2.45, 2.75) is 46.7 Å². The van der Waals surface area contributed by atoms with Crippen LogP contribution in [0, 0.1) is 6.92 Å². The maximum atomic E-state index is 12.4. The van der Waals surface area contributed by atoms with Gasteiger partial charge in [-0.1, -0.05) is 12.1 Å². The lowest BCUT2D eigenvalue weighted by Crippen LogP contribution is -2.35. The largest absolute Gasteiger partial charge is 0.340 e. The Balaban J connectivity index is 2.05. The van der Waals surface area contributed by atoms with Crippen LogP contribution in [-0.4, -0.2) is 37.4 Å². The van der Waals surface area contributed by atoms with Crippen molar-refractivity contribution in [3.05, 3.63) is 24.0 Å². The van der Waals surface area contributed by atoms with E-state index in [0.29, 0.717) is 30.6 Å². The Kier molecular flexibility index (Phi) is 5.13. The molecule has 0 radical (unpaired) electrons. The van der Waals surface area contributed by atoms with Crippen LogP contribution in [0.1, 0.15) is 44.9 Å². The molecule has 2 rings (SSSR count). The van der Waals surface area contributed by atoms with Crippen molar-refractivity contribution < 1.29 is 9.32 Å². The third-order valence-electron chi connectivity index (χ3n) is 3.48. The van der Waals surface area contributed by atoms with E-state index in [4.69, 9.17) is 4.52 Å². The molecule has 8 nitrogen and oxygen atoms in total. The zero-order valence-electron chi connectivity index (χ0n) is 13.4. The highest BCUT2D eigenvalue weighted by atomic mass is 16.5. The van der Waals surface area contributed by atoms with Crippen molar-refractivity contribution in [2.75, 3.05) is 11.9 Å². The van der Waals surface area contributed by atoms with Crippen LogP contribution in [0.25, 0.3) is 0 Å². The van der Waals surface area contributed by atoms with E-state index in [0.717, 1.165) is 6.42 Å². The summed E-state index contributed by atoms with van der Waals surface area (Å²) in [4.78, 5) is 18.1. The maximum Gasteiger partial charge on any atom is 0.323 e. The molecule has 0 aromatic carbocycles. The summed E-state index contributed by atoms with van der Waals surface area (Å²) in [7, 11) is 0. The third-order valence-corrected chi connectivity index (χ3v) is 3.48. The topological polar surface area (TPSA) is 89.1 Å². The van der Waals surface area contributed by atoms with E-state index >= 15 is 0 Å². The molecule has 120 valence electrons. The lowest BCUT2D eigenvalue weighted by Gasteiger charge is -2.21. The van der Waals surface area contributed by atoms with Crippen LogP contribution in [0.5, 0.6) is 0 Å². The van der Waals surface area contributed by atoms with Gasteiger partial charge in [-0.3, -0.25) is 5.32 Å². The number of nitrogens with one attached hydrogen (secondary N) is 1. The van der Waals surface area contributed by atoms with E-state index in [9.17, 15) is 4.79 Å². The number of nitrogens with zero attached hydrogens (tertiary/aromatic N) is 5. The minimum Gasteiger partial charge on any atom is -0.340 e. The number of hydrogen-bond acceptors (Lipinski definition) is 5. The van der Waals surface area contributed by atoms with Gasteiger partial charge in [0.25, 0.3) is 0 Å².